The molecule has 0 saturated heterocycles. The molecule has 2 rings (SSSR count). The molecule has 12 heavy (non-hydrogen) atoms. The van der Waals surface area contributed by atoms with Crippen LogP contribution in [0.5, 0.6) is 0 Å². The fraction of sp³-hybridized carbons (Fsp3) is 0. The Labute approximate surface area is 68.9 Å². The van der Waals surface area contributed by atoms with Crippen LogP contribution in [0.1, 0.15) is 0 Å². The van der Waals surface area contributed by atoms with Gasteiger partial charge in [0, 0.05) is 11.5 Å². The third-order valence-electron chi connectivity index (χ3n) is 1.63. The fourth-order valence-electron chi connectivity index (χ4n) is 1.08. The predicted octanol–water partition coefficient (Wildman–Crippen LogP) is 1.15. The molecule has 0 bridgehead atoms. The Hall–Kier alpha value is -1.77. The van der Waals surface area contributed by atoms with Gasteiger partial charge in [0.25, 0.3) is 6.20 Å². The summed E-state index contributed by atoms with van der Waals surface area (Å²) in [4.78, 5) is 10.9. The van der Waals surface area contributed by atoms with Crippen molar-refractivity contribution in [1.29, 1.82) is 0 Å². The zero-order chi connectivity index (χ0) is 8.39. The first-order valence-electron chi connectivity index (χ1n) is 3.65. The summed E-state index contributed by atoms with van der Waals surface area (Å²) in [6.45, 7) is 0. The number of aromatic nitrogens is 2. The molecule has 0 saturated carbocycles. The summed E-state index contributed by atoms with van der Waals surface area (Å²) in [5, 5.41) is 4.76. The van der Waals surface area contributed by atoms with Crippen molar-refractivity contribution in [1.82, 2.24) is 5.10 Å². The second-order valence-corrected chi connectivity index (χ2v) is 2.47. The van der Waals surface area contributed by atoms with E-state index >= 15 is 0 Å². The van der Waals surface area contributed by atoms with Crippen molar-refractivity contribution in [2.75, 3.05) is 0 Å². The van der Waals surface area contributed by atoms with Crippen LogP contribution in [0.2, 0.25) is 0 Å². The van der Waals surface area contributed by atoms with Crippen LogP contribution in [0.15, 0.2) is 42.6 Å². The molecule has 1 heterocycles. The van der Waals surface area contributed by atoms with Gasteiger partial charge in [0.15, 0.2) is 4.54 Å². The normalized spacial score (nSPS) is 10.0. The van der Waals surface area contributed by atoms with Gasteiger partial charge in [0.1, 0.15) is 5.52 Å². The maximum Gasteiger partial charge on any atom is 0.260 e. The zero-order valence-corrected chi connectivity index (χ0v) is 6.34. The number of fused-ring (bicyclic) bond motifs is 1. The minimum atomic E-state index is 0.558. The van der Waals surface area contributed by atoms with Crippen molar-refractivity contribution in [3.05, 3.63) is 47.5 Å². The molecule has 0 spiro atoms. The molecule has 58 valence electrons. The van der Waals surface area contributed by atoms with Crippen LogP contribution in [0.4, 0.5) is 0 Å². The first-order chi connectivity index (χ1) is 5.86. The van der Waals surface area contributed by atoms with Gasteiger partial charge in [-0.3, -0.25) is 0 Å². The van der Waals surface area contributed by atoms with E-state index in [4.69, 9.17) is 0 Å². The molecular weight excluding hydrogens is 152 g/mol. The van der Waals surface area contributed by atoms with Crippen molar-refractivity contribution in [3.8, 4) is 0 Å². The number of hydrogen-bond acceptors (Lipinski definition) is 2. The minimum Gasteiger partial charge on any atom is -0.0615 e. The topological polar surface area (TPSA) is 35.9 Å². The van der Waals surface area contributed by atoms with E-state index in [2.05, 4.69) is 5.10 Å². The fourth-order valence-corrected chi connectivity index (χ4v) is 1.08. The standard InChI is InChI=1S/C9H7N2O/c12-11-7-3-5-8-4-1-2-6-9(8)10-11/h1-7H/q+1. The van der Waals surface area contributed by atoms with Gasteiger partial charge < -0.3 is 0 Å². The minimum absolute atomic E-state index is 0.558. The Kier molecular flexibility index (Phi) is 1.55. The molecule has 0 aliphatic carbocycles. The Balaban J connectivity index is 2.98. The highest BCUT2D eigenvalue weighted by Crippen LogP contribution is 2.05. The van der Waals surface area contributed by atoms with Crippen LogP contribution in [0.3, 0.4) is 0 Å². The van der Waals surface area contributed by atoms with E-state index in [-0.39, 0.29) is 0 Å². The molecule has 3 heteroatoms. The number of hydrogen-bond donors (Lipinski definition) is 0. The molecule has 2 aromatic rings. The molecule has 0 aliphatic rings. The van der Waals surface area contributed by atoms with E-state index in [0.29, 0.717) is 10.1 Å². The Bertz CT molecular complexity index is 468. The summed E-state index contributed by atoms with van der Waals surface area (Å²) in [5.41, 5.74) is 0.706. The Morgan fingerprint density at radius 2 is 1.83 bits per heavy atom. The maximum atomic E-state index is 10.9. The van der Waals surface area contributed by atoms with E-state index in [1.807, 2.05) is 30.3 Å². The highest BCUT2D eigenvalue weighted by atomic mass is 16.3. The van der Waals surface area contributed by atoms with Gasteiger partial charge in [-0.05, 0) is 12.1 Å². The molecule has 3 nitrogen and oxygen atoms in total. The smallest absolute Gasteiger partial charge is 0.0615 e. The second-order valence-electron chi connectivity index (χ2n) is 2.47. The molecule has 0 N–H and O–H groups in total. The first-order valence-corrected chi connectivity index (χ1v) is 3.65. The zero-order valence-electron chi connectivity index (χ0n) is 6.34. The van der Waals surface area contributed by atoms with Crippen molar-refractivity contribution in [2.45, 2.75) is 0 Å². The van der Waals surface area contributed by atoms with Gasteiger partial charge >= 0.3 is 0 Å². The third kappa shape index (κ3) is 1.16. The third-order valence-corrected chi connectivity index (χ3v) is 1.63. The summed E-state index contributed by atoms with van der Waals surface area (Å²) in [6.07, 6.45) is 1.38. The highest BCUT2D eigenvalue weighted by Gasteiger charge is 1.95. The molecule has 0 aliphatic heterocycles. The highest BCUT2D eigenvalue weighted by molar-refractivity contribution is 5.76. The van der Waals surface area contributed by atoms with Gasteiger partial charge in [0.05, 0.1) is 10.0 Å². The monoisotopic (exact) mass is 159 g/mol. The molecule has 1 aromatic heterocycles. The number of rotatable bonds is 0. The van der Waals surface area contributed by atoms with Crippen LogP contribution in [-0.2, 0) is 0 Å². The Morgan fingerprint density at radius 3 is 2.75 bits per heavy atom. The first kappa shape index (κ1) is 6.91. The van der Waals surface area contributed by atoms with Crippen LogP contribution in [0.25, 0.3) is 10.9 Å². The lowest BCUT2D eigenvalue weighted by Gasteiger charge is -1.82. The molecule has 1 aromatic carbocycles. The van der Waals surface area contributed by atoms with Crippen molar-refractivity contribution in [2.24, 2.45) is 0 Å². The van der Waals surface area contributed by atoms with Crippen molar-refractivity contribution in [3.63, 3.8) is 0 Å². The average molecular weight is 159 g/mol. The average Bonchev–Trinajstić information content (AvgIpc) is 2.25. The maximum absolute atomic E-state index is 10.9. The van der Waals surface area contributed by atoms with Crippen molar-refractivity contribution < 1.29 is 4.54 Å². The lowest BCUT2D eigenvalue weighted by molar-refractivity contribution is -0.560. The number of nitrogens with zero attached hydrogens (tertiary/aromatic N) is 2. The molecule has 0 fully saturated rings. The van der Waals surface area contributed by atoms with Gasteiger partial charge in [-0.25, -0.2) is 0 Å². The lowest BCUT2D eigenvalue weighted by Crippen LogP contribution is -2.14. The quantitative estimate of drug-likeness (QED) is 0.540. The van der Waals surface area contributed by atoms with Crippen LogP contribution < -0.4 is 4.54 Å². The summed E-state index contributed by atoms with van der Waals surface area (Å²) >= 11 is 0. The van der Waals surface area contributed by atoms with Crippen LogP contribution in [-0.4, -0.2) is 5.10 Å². The number of benzene rings is 1. The van der Waals surface area contributed by atoms with Gasteiger partial charge in [-0.1, -0.05) is 18.2 Å². The molecular formula is C9H7N2O+. The summed E-state index contributed by atoms with van der Waals surface area (Å²) < 4.78 is 0.558. The summed E-state index contributed by atoms with van der Waals surface area (Å²) in [6, 6.07) is 11.0. The molecule has 0 atom stereocenters. The second kappa shape index (κ2) is 2.70. The Morgan fingerprint density at radius 1 is 1.08 bits per heavy atom. The van der Waals surface area contributed by atoms with Crippen LogP contribution >= 0.6 is 0 Å². The lowest BCUT2D eigenvalue weighted by atomic mass is 10.2. The largest absolute Gasteiger partial charge is 0.260 e. The molecule has 0 radical (unpaired) electrons. The van der Waals surface area contributed by atoms with Gasteiger partial charge in [0.2, 0.25) is 0 Å². The molecule has 0 amide bonds. The van der Waals surface area contributed by atoms with Gasteiger partial charge in [-0.2, -0.15) is 0 Å². The summed E-state index contributed by atoms with van der Waals surface area (Å²) in [5.74, 6) is 0. The van der Waals surface area contributed by atoms with Crippen molar-refractivity contribution >= 4 is 10.9 Å². The predicted molar refractivity (Wildman–Crippen MR) is 45.1 cm³/mol. The van der Waals surface area contributed by atoms with Crippen LogP contribution in [0, 0.1) is 4.91 Å². The van der Waals surface area contributed by atoms with E-state index in [9.17, 15) is 4.91 Å². The molecule has 0 unspecified atom stereocenters. The van der Waals surface area contributed by atoms with E-state index in [1.54, 1.807) is 6.07 Å². The van der Waals surface area contributed by atoms with E-state index < -0.39 is 0 Å². The summed E-state index contributed by atoms with van der Waals surface area (Å²) in [7, 11) is 0. The van der Waals surface area contributed by atoms with Gasteiger partial charge in [-0.15, -0.1) is 0 Å². The van der Waals surface area contributed by atoms with E-state index in [0.717, 1.165) is 5.39 Å². The van der Waals surface area contributed by atoms with E-state index in [1.165, 1.54) is 6.20 Å². The SMILES string of the molecule is O=[n+]1cccc2ccccc2n1.